The van der Waals surface area contributed by atoms with Crippen molar-refractivity contribution in [3.05, 3.63) is 88.6 Å². The Morgan fingerprint density at radius 2 is 2.03 bits per heavy atom. The van der Waals surface area contributed by atoms with E-state index in [0.29, 0.717) is 33.9 Å². The van der Waals surface area contributed by atoms with Crippen LogP contribution in [0, 0.1) is 0 Å². The predicted molar refractivity (Wildman–Crippen MR) is 127 cm³/mol. The van der Waals surface area contributed by atoms with Crippen LogP contribution >= 0.6 is 23.4 Å². The van der Waals surface area contributed by atoms with E-state index in [0.717, 1.165) is 17.0 Å². The highest BCUT2D eigenvalue weighted by molar-refractivity contribution is 7.99. The summed E-state index contributed by atoms with van der Waals surface area (Å²) in [7, 11) is 0. The molecular weight excluding hydrogens is 476 g/mol. The van der Waals surface area contributed by atoms with E-state index in [1.54, 1.807) is 48.7 Å². The van der Waals surface area contributed by atoms with Crippen LogP contribution in [0.25, 0.3) is 0 Å². The number of aromatic nitrogens is 3. The van der Waals surface area contributed by atoms with Crippen molar-refractivity contribution in [1.82, 2.24) is 14.8 Å². The van der Waals surface area contributed by atoms with Crippen LogP contribution in [0.4, 0.5) is 5.69 Å². The second-order valence-corrected chi connectivity index (χ2v) is 8.99. The van der Waals surface area contributed by atoms with Gasteiger partial charge in [-0.1, -0.05) is 23.4 Å². The number of furan rings is 1. The zero-order valence-electron chi connectivity index (χ0n) is 17.9. The van der Waals surface area contributed by atoms with Gasteiger partial charge in [-0.05, 0) is 60.2 Å². The van der Waals surface area contributed by atoms with E-state index in [1.807, 2.05) is 16.7 Å². The SMILES string of the molecule is O=C1Cc2cc(C(=O)CSc3nnc(COc4ccc(Cl)cc4)n3Cc3ccco3)ccc2N1. The number of nitrogens with zero attached hydrogens (tertiary/aromatic N) is 3. The quantitative estimate of drug-likeness (QED) is 0.267. The lowest BCUT2D eigenvalue weighted by molar-refractivity contribution is -0.115. The Balaban J connectivity index is 1.30. The fourth-order valence-corrected chi connectivity index (χ4v) is 4.52. The maximum Gasteiger partial charge on any atom is 0.228 e. The van der Waals surface area contributed by atoms with E-state index in [-0.39, 0.29) is 30.5 Å². The second kappa shape index (κ2) is 9.74. The van der Waals surface area contributed by atoms with Crippen LogP contribution in [-0.2, 0) is 24.4 Å². The monoisotopic (exact) mass is 494 g/mol. The van der Waals surface area contributed by atoms with Crippen LogP contribution in [0.5, 0.6) is 5.75 Å². The van der Waals surface area contributed by atoms with Gasteiger partial charge in [0.05, 0.1) is 25.0 Å². The highest BCUT2D eigenvalue weighted by Gasteiger charge is 2.20. The van der Waals surface area contributed by atoms with Crippen molar-refractivity contribution in [3.63, 3.8) is 0 Å². The smallest absolute Gasteiger partial charge is 0.228 e. The molecule has 2 aromatic carbocycles. The van der Waals surface area contributed by atoms with Gasteiger partial charge in [0.25, 0.3) is 0 Å². The van der Waals surface area contributed by atoms with Gasteiger partial charge < -0.3 is 14.5 Å². The first-order valence-corrected chi connectivity index (χ1v) is 11.8. The molecule has 8 nitrogen and oxygen atoms in total. The maximum atomic E-state index is 12.8. The summed E-state index contributed by atoms with van der Waals surface area (Å²) in [5.41, 5.74) is 2.16. The number of nitrogens with one attached hydrogen (secondary N) is 1. The van der Waals surface area contributed by atoms with E-state index in [9.17, 15) is 9.59 Å². The van der Waals surface area contributed by atoms with Gasteiger partial charge in [-0.3, -0.25) is 14.2 Å². The Labute approximate surface area is 204 Å². The minimum absolute atomic E-state index is 0.0568. The number of Topliss-reactive ketones (excluding diaryl/α,β-unsaturated/α-hetero) is 1. The molecule has 172 valence electrons. The number of anilines is 1. The summed E-state index contributed by atoms with van der Waals surface area (Å²) in [5.74, 6) is 2.05. The van der Waals surface area contributed by atoms with Crippen molar-refractivity contribution in [2.75, 3.05) is 11.1 Å². The summed E-state index contributed by atoms with van der Waals surface area (Å²) in [5, 5.41) is 12.5. The lowest BCUT2D eigenvalue weighted by atomic mass is 10.1. The van der Waals surface area contributed by atoms with Crippen molar-refractivity contribution in [1.29, 1.82) is 0 Å². The highest BCUT2D eigenvalue weighted by atomic mass is 35.5. The number of rotatable bonds is 9. The van der Waals surface area contributed by atoms with E-state index in [1.165, 1.54) is 11.8 Å². The first-order valence-electron chi connectivity index (χ1n) is 10.5. The molecular formula is C24H19ClN4O4S. The second-order valence-electron chi connectivity index (χ2n) is 7.62. The number of fused-ring (bicyclic) bond motifs is 1. The van der Waals surface area contributed by atoms with Gasteiger partial charge in [-0.2, -0.15) is 0 Å². The van der Waals surface area contributed by atoms with Crippen LogP contribution in [0.15, 0.2) is 70.4 Å². The molecule has 0 spiro atoms. The van der Waals surface area contributed by atoms with Crippen LogP contribution in [0.2, 0.25) is 5.02 Å². The third-order valence-corrected chi connectivity index (χ3v) is 6.47. The van der Waals surface area contributed by atoms with Crippen molar-refractivity contribution in [3.8, 4) is 5.75 Å². The predicted octanol–water partition coefficient (Wildman–Crippen LogP) is 4.62. The Kier molecular flexibility index (Phi) is 6.37. The molecule has 1 aliphatic heterocycles. The molecule has 0 unspecified atom stereocenters. The number of halogens is 1. The normalized spacial score (nSPS) is 12.4. The third-order valence-electron chi connectivity index (χ3n) is 5.25. The van der Waals surface area contributed by atoms with Gasteiger partial charge in [-0.25, -0.2) is 0 Å². The number of hydrogen-bond acceptors (Lipinski definition) is 7. The Morgan fingerprint density at radius 3 is 2.82 bits per heavy atom. The number of ether oxygens (including phenoxy) is 1. The summed E-state index contributed by atoms with van der Waals surface area (Å²) in [6, 6.07) is 16.0. The highest BCUT2D eigenvalue weighted by Crippen LogP contribution is 2.26. The average Bonchev–Trinajstić information content (AvgIpc) is 3.57. The summed E-state index contributed by atoms with van der Waals surface area (Å²) < 4.78 is 13.2. The van der Waals surface area contributed by atoms with Crippen LogP contribution in [-0.4, -0.2) is 32.2 Å². The summed E-state index contributed by atoms with van der Waals surface area (Å²) in [6.07, 6.45) is 1.89. The van der Waals surface area contributed by atoms with Gasteiger partial charge in [0.2, 0.25) is 5.91 Å². The molecule has 0 aliphatic carbocycles. The molecule has 1 N–H and O–H groups in total. The van der Waals surface area contributed by atoms with Crippen molar-refractivity contribution in [2.24, 2.45) is 0 Å². The summed E-state index contributed by atoms with van der Waals surface area (Å²) in [6.45, 7) is 0.595. The van der Waals surface area contributed by atoms with Crippen molar-refractivity contribution < 1.29 is 18.7 Å². The molecule has 0 fully saturated rings. The number of thioether (sulfide) groups is 1. The molecule has 1 aliphatic rings. The lowest BCUT2D eigenvalue weighted by Crippen LogP contribution is -2.10. The standard InChI is InChI=1S/C24H19ClN4O4S/c25-17-4-6-18(7-5-17)33-13-22-27-28-24(29(22)12-19-2-1-9-32-19)34-14-21(30)15-3-8-20-16(10-15)11-23(31)26-20/h1-10H,11-14H2,(H,26,31). The fraction of sp³-hybridized carbons (Fsp3) is 0.167. The lowest BCUT2D eigenvalue weighted by Gasteiger charge is -2.10. The zero-order valence-corrected chi connectivity index (χ0v) is 19.4. The molecule has 34 heavy (non-hydrogen) atoms. The van der Waals surface area contributed by atoms with Crippen molar-refractivity contribution >= 4 is 40.7 Å². The number of benzene rings is 2. The Bertz CT molecular complexity index is 1340. The van der Waals surface area contributed by atoms with E-state index in [2.05, 4.69) is 15.5 Å². The Hall–Kier alpha value is -3.56. The van der Waals surface area contributed by atoms with Gasteiger partial charge in [-0.15, -0.1) is 10.2 Å². The number of carbonyl (C=O) groups is 2. The molecule has 0 radical (unpaired) electrons. The number of ketones is 1. The minimum atomic E-state index is -0.0617. The summed E-state index contributed by atoms with van der Waals surface area (Å²) >= 11 is 7.23. The van der Waals surface area contributed by atoms with Crippen LogP contribution in [0.1, 0.15) is 27.5 Å². The Morgan fingerprint density at radius 1 is 1.18 bits per heavy atom. The molecule has 3 heterocycles. The third kappa shape index (κ3) is 5.00. The van der Waals surface area contributed by atoms with Gasteiger partial charge in [0, 0.05) is 16.3 Å². The van der Waals surface area contributed by atoms with Crippen molar-refractivity contribution in [2.45, 2.75) is 24.7 Å². The molecule has 1 amide bonds. The first kappa shape index (κ1) is 22.2. The molecule has 0 bridgehead atoms. The molecule has 10 heteroatoms. The molecule has 4 aromatic rings. The van der Waals surface area contributed by atoms with E-state index in [4.69, 9.17) is 20.8 Å². The van der Waals surface area contributed by atoms with Crippen LogP contribution in [0.3, 0.4) is 0 Å². The topological polar surface area (TPSA) is 99.3 Å². The van der Waals surface area contributed by atoms with E-state index >= 15 is 0 Å². The number of hydrogen-bond donors (Lipinski definition) is 1. The van der Waals surface area contributed by atoms with Gasteiger partial charge >= 0.3 is 0 Å². The molecule has 5 rings (SSSR count). The van der Waals surface area contributed by atoms with Gasteiger partial charge in [0.15, 0.2) is 16.8 Å². The van der Waals surface area contributed by atoms with Gasteiger partial charge in [0.1, 0.15) is 18.1 Å². The average molecular weight is 495 g/mol. The molecule has 0 saturated carbocycles. The summed E-state index contributed by atoms with van der Waals surface area (Å²) in [4.78, 5) is 24.4. The molecule has 0 saturated heterocycles. The zero-order chi connectivity index (χ0) is 23.5. The largest absolute Gasteiger partial charge is 0.486 e. The van der Waals surface area contributed by atoms with E-state index < -0.39 is 0 Å². The molecule has 0 atom stereocenters. The van der Waals surface area contributed by atoms with Crippen LogP contribution < -0.4 is 10.1 Å². The first-order chi connectivity index (χ1) is 16.5. The number of amides is 1. The molecule has 2 aromatic heterocycles. The maximum absolute atomic E-state index is 12.8. The fourth-order valence-electron chi connectivity index (χ4n) is 3.54. The minimum Gasteiger partial charge on any atom is -0.486 e. The number of carbonyl (C=O) groups excluding carboxylic acids is 2.